The molecule has 0 spiro atoms. The molecule has 0 saturated carbocycles. The van der Waals surface area contributed by atoms with E-state index in [9.17, 15) is 4.79 Å². The summed E-state index contributed by atoms with van der Waals surface area (Å²) < 4.78 is 10.4. The molecule has 0 amide bonds. The van der Waals surface area contributed by atoms with Gasteiger partial charge in [0.1, 0.15) is 0 Å². The summed E-state index contributed by atoms with van der Waals surface area (Å²) in [5.74, 6) is -0.315. The fraction of sp³-hybridized carbons (Fsp3) is 0.462. The Bertz CT molecular complexity index is 371. The van der Waals surface area contributed by atoms with E-state index in [2.05, 4.69) is 12.6 Å². The van der Waals surface area contributed by atoms with Crippen molar-refractivity contribution < 1.29 is 14.3 Å². The maximum absolute atomic E-state index is 11.6. The number of ether oxygens (including phenoxy) is 2. The van der Waals surface area contributed by atoms with Gasteiger partial charge in [0.25, 0.3) is 0 Å². The highest BCUT2D eigenvalue weighted by molar-refractivity contribution is 7.80. The monoisotopic (exact) mass is 254 g/mol. The van der Waals surface area contributed by atoms with Gasteiger partial charge in [0.2, 0.25) is 0 Å². The third-order valence-corrected chi connectivity index (χ3v) is 2.89. The minimum Gasteiger partial charge on any atom is -0.462 e. The van der Waals surface area contributed by atoms with Crippen LogP contribution in [0.3, 0.4) is 0 Å². The zero-order chi connectivity index (χ0) is 12.9. The van der Waals surface area contributed by atoms with E-state index in [1.54, 1.807) is 31.4 Å². The summed E-state index contributed by atoms with van der Waals surface area (Å²) in [5.41, 5.74) is 0.271. The first kappa shape index (κ1) is 14.1. The minimum absolute atomic E-state index is 0.269. The quantitative estimate of drug-likeness (QED) is 0.648. The molecule has 4 heteroatoms. The Kier molecular flexibility index (Phi) is 5.02. The Hall–Kier alpha value is -1.00. The van der Waals surface area contributed by atoms with Crippen molar-refractivity contribution in [3.63, 3.8) is 0 Å². The zero-order valence-corrected chi connectivity index (χ0v) is 11.3. The highest BCUT2D eigenvalue weighted by atomic mass is 32.1. The SMILES string of the molecule is COC(C)(C)CCOC(=O)c1ccc(S)cc1. The number of carbonyl (C=O) groups excluding carboxylic acids is 1. The maximum atomic E-state index is 11.6. The van der Waals surface area contributed by atoms with Crippen LogP contribution in [-0.4, -0.2) is 25.3 Å². The largest absolute Gasteiger partial charge is 0.462 e. The van der Waals surface area contributed by atoms with Crippen molar-refractivity contribution in [2.24, 2.45) is 0 Å². The van der Waals surface area contributed by atoms with Gasteiger partial charge >= 0.3 is 5.97 Å². The standard InChI is InChI=1S/C13H18O3S/c1-13(2,15-3)8-9-16-12(14)10-4-6-11(17)7-5-10/h4-7,17H,8-9H2,1-3H3. The number of hydrogen-bond acceptors (Lipinski definition) is 4. The van der Waals surface area contributed by atoms with Crippen molar-refractivity contribution in [1.82, 2.24) is 0 Å². The smallest absolute Gasteiger partial charge is 0.338 e. The van der Waals surface area contributed by atoms with Crippen molar-refractivity contribution in [1.29, 1.82) is 0 Å². The number of thiol groups is 1. The molecule has 3 nitrogen and oxygen atoms in total. The maximum Gasteiger partial charge on any atom is 0.338 e. The van der Waals surface area contributed by atoms with Gasteiger partial charge in [-0.25, -0.2) is 4.79 Å². The second-order valence-electron chi connectivity index (χ2n) is 4.40. The predicted octanol–water partition coefficient (Wildman–Crippen LogP) is 2.95. The summed E-state index contributed by atoms with van der Waals surface area (Å²) in [6.07, 6.45) is 0.667. The molecule has 0 heterocycles. The molecule has 1 aromatic rings. The molecule has 0 atom stereocenters. The van der Waals surface area contributed by atoms with Crippen LogP contribution in [0.1, 0.15) is 30.6 Å². The van der Waals surface area contributed by atoms with Crippen LogP contribution in [0.25, 0.3) is 0 Å². The van der Waals surface area contributed by atoms with Gasteiger partial charge < -0.3 is 9.47 Å². The fourth-order valence-electron chi connectivity index (χ4n) is 1.17. The van der Waals surface area contributed by atoms with E-state index >= 15 is 0 Å². The number of carbonyl (C=O) groups is 1. The number of esters is 1. The van der Waals surface area contributed by atoms with Gasteiger partial charge in [-0.1, -0.05) is 0 Å². The predicted molar refractivity (Wildman–Crippen MR) is 69.7 cm³/mol. The van der Waals surface area contributed by atoms with Crippen molar-refractivity contribution >= 4 is 18.6 Å². The van der Waals surface area contributed by atoms with Gasteiger partial charge in [0.05, 0.1) is 17.8 Å². The van der Waals surface area contributed by atoms with Crippen molar-refractivity contribution in [3.05, 3.63) is 29.8 Å². The molecular formula is C13H18O3S. The van der Waals surface area contributed by atoms with E-state index in [0.717, 1.165) is 4.90 Å². The first-order valence-corrected chi connectivity index (χ1v) is 5.91. The van der Waals surface area contributed by atoms with Crippen LogP contribution in [0.5, 0.6) is 0 Å². The van der Waals surface area contributed by atoms with Crippen LogP contribution in [0.2, 0.25) is 0 Å². The second kappa shape index (κ2) is 6.07. The molecule has 0 fully saturated rings. The Morgan fingerprint density at radius 1 is 1.29 bits per heavy atom. The van der Waals surface area contributed by atoms with Crippen molar-refractivity contribution in [2.45, 2.75) is 30.8 Å². The van der Waals surface area contributed by atoms with Gasteiger partial charge in [0.15, 0.2) is 0 Å². The van der Waals surface area contributed by atoms with Crippen LogP contribution in [0.4, 0.5) is 0 Å². The van der Waals surface area contributed by atoms with Crippen LogP contribution in [-0.2, 0) is 9.47 Å². The van der Waals surface area contributed by atoms with Crippen LogP contribution in [0, 0.1) is 0 Å². The lowest BCUT2D eigenvalue weighted by atomic mass is 10.1. The Balaban J connectivity index is 2.43. The summed E-state index contributed by atoms with van der Waals surface area (Å²) in [4.78, 5) is 12.5. The fourth-order valence-corrected chi connectivity index (χ4v) is 1.32. The van der Waals surface area contributed by atoms with E-state index in [1.165, 1.54) is 0 Å². The molecule has 1 rings (SSSR count). The summed E-state index contributed by atoms with van der Waals surface area (Å²) in [7, 11) is 1.65. The minimum atomic E-state index is -0.315. The molecule has 0 aliphatic heterocycles. The first-order valence-electron chi connectivity index (χ1n) is 5.46. The summed E-state index contributed by atoms with van der Waals surface area (Å²) >= 11 is 4.15. The van der Waals surface area contributed by atoms with Gasteiger partial charge in [-0.3, -0.25) is 0 Å². The topological polar surface area (TPSA) is 35.5 Å². The molecule has 0 unspecified atom stereocenters. The number of hydrogen-bond donors (Lipinski definition) is 1. The molecule has 0 aromatic heterocycles. The van der Waals surface area contributed by atoms with Crippen LogP contribution in [0.15, 0.2) is 29.2 Å². The summed E-state index contributed by atoms with van der Waals surface area (Å²) in [6, 6.07) is 6.93. The lowest BCUT2D eigenvalue weighted by Gasteiger charge is -2.22. The zero-order valence-electron chi connectivity index (χ0n) is 10.4. The normalized spacial score (nSPS) is 11.3. The number of methoxy groups -OCH3 is 1. The van der Waals surface area contributed by atoms with E-state index in [4.69, 9.17) is 9.47 Å². The molecule has 0 radical (unpaired) electrons. The third kappa shape index (κ3) is 4.79. The van der Waals surface area contributed by atoms with Gasteiger partial charge in [-0.15, -0.1) is 12.6 Å². The van der Waals surface area contributed by atoms with Gasteiger partial charge in [-0.05, 0) is 38.1 Å². The van der Waals surface area contributed by atoms with E-state index in [1.807, 2.05) is 13.8 Å². The van der Waals surface area contributed by atoms with Gasteiger partial charge in [-0.2, -0.15) is 0 Å². The van der Waals surface area contributed by atoms with E-state index < -0.39 is 0 Å². The molecule has 0 aliphatic carbocycles. The van der Waals surface area contributed by atoms with Crippen molar-refractivity contribution in [3.8, 4) is 0 Å². The Morgan fingerprint density at radius 3 is 2.41 bits per heavy atom. The molecule has 94 valence electrons. The van der Waals surface area contributed by atoms with E-state index in [0.29, 0.717) is 18.6 Å². The lowest BCUT2D eigenvalue weighted by molar-refractivity contribution is -0.00563. The summed E-state index contributed by atoms with van der Waals surface area (Å²) in [6.45, 7) is 4.26. The highest BCUT2D eigenvalue weighted by Crippen LogP contribution is 2.14. The average Bonchev–Trinajstić information content (AvgIpc) is 2.29. The van der Waals surface area contributed by atoms with Crippen molar-refractivity contribution in [2.75, 3.05) is 13.7 Å². The number of rotatable bonds is 5. The highest BCUT2D eigenvalue weighted by Gasteiger charge is 2.17. The number of benzene rings is 1. The third-order valence-electron chi connectivity index (χ3n) is 2.59. The van der Waals surface area contributed by atoms with E-state index in [-0.39, 0.29) is 11.6 Å². The molecule has 0 aliphatic rings. The average molecular weight is 254 g/mol. The molecule has 0 N–H and O–H groups in total. The Labute approximate surface area is 108 Å². The molecule has 0 bridgehead atoms. The Morgan fingerprint density at radius 2 is 1.88 bits per heavy atom. The molecule has 0 saturated heterocycles. The van der Waals surface area contributed by atoms with Crippen LogP contribution >= 0.6 is 12.6 Å². The molecular weight excluding hydrogens is 236 g/mol. The second-order valence-corrected chi connectivity index (χ2v) is 4.91. The summed E-state index contributed by atoms with van der Waals surface area (Å²) in [5, 5.41) is 0. The van der Waals surface area contributed by atoms with Crippen LogP contribution < -0.4 is 0 Å². The lowest BCUT2D eigenvalue weighted by Crippen LogP contribution is -2.25. The van der Waals surface area contributed by atoms with Gasteiger partial charge in [0, 0.05) is 18.4 Å². The molecule has 1 aromatic carbocycles. The molecule has 17 heavy (non-hydrogen) atoms. The first-order chi connectivity index (χ1) is 7.94.